The van der Waals surface area contributed by atoms with Gasteiger partial charge < -0.3 is 4.42 Å². The molecular formula is C49H32O. The Morgan fingerprint density at radius 2 is 0.900 bits per heavy atom. The van der Waals surface area contributed by atoms with E-state index >= 15 is 0 Å². The van der Waals surface area contributed by atoms with Crippen molar-refractivity contribution in [2.24, 2.45) is 0 Å². The lowest BCUT2D eigenvalue weighted by atomic mass is 9.81. The second-order valence-electron chi connectivity index (χ2n) is 14.4. The molecule has 0 aliphatic heterocycles. The maximum absolute atomic E-state index is 6.63. The molecule has 1 aliphatic carbocycles. The first-order chi connectivity index (χ1) is 24.5. The first-order valence-corrected chi connectivity index (χ1v) is 17.5. The largest absolute Gasteiger partial charge is 0.456 e. The zero-order chi connectivity index (χ0) is 33.1. The Hall–Kier alpha value is -6.18. The lowest BCUT2D eigenvalue weighted by Gasteiger charge is -2.21. The topological polar surface area (TPSA) is 13.1 Å². The second kappa shape index (κ2) is 9.94. The van der Waals surface area contributed by atoms with E-state index in [4.69, 9.17) is 4.42 Å². The van der Waals surface area contributed by atoms with Crippen LogP contribution in [0.1, 0.15) is 25.0 Å². The predicted octanol–water partition coefficient (Wildman–Crippen LogP) is 13.8. The maximum Gasteiger partial charge on any atom is 0.136 e. The van der Waals surface area contributed by atoms with Crippen molar-refractivity contribution in [3.63, 3.8) is 0 Å². The Bertz CT molecular complexity index is 3000. The first kappa shape index (κ1) is 27.7. The molecule has 0 spiro atoms. The van der Waals surface area contributed by atoms with E-state index in [0.717, 1.165) is 16.6 Å². The third kappa shape index (κ3) is 3.72. The van der Waals surface area contributed by atoms with Gasteiger partial charge >= 0.3 is 0 Å². The van der Waals surface area contributed by atoms with E-state index in [2.05, 4.69) is 172 Å². The minimum absolute atomic E-state index is 0.117. The van der Waals surface area contributed by atoms with Gasteiger partial charge in [-0.2, -0.15) is 0 Å². The molecule has 1 heterocycles. The number of fused-ring (bicyclic) bond motifs is 10. The molecule has 0 amide bonds. The highest BCUT2D eigenvalue weighted by Gasteiger charge is 2.36. The molecule has 1 heteroatoms. The van der Waals surface area contributed by atoms with Crippen LogP contribution in [0, 0.1) is 0 Å². The summed E-state index contributed by atoms with van der Waals surface area (Å²) in [4.78, 5) is 0. The fourth-order valence-electron chi connectivity index (χ4n) is 9.02. The number of furan rings is 1. The van der Waals surface area contributed by atoms with Crippen LogP contribution in [-0.4, -0.2) is 0 Å². The summed E-state index contributed by atoms with van der Waals surface area (Å²) in [6.07, 6.45) is 0. The molecule has 0 saturated heterocycles. The Kier molecular flexibility index (Phi) is 5.51. The molecule has 9 aromatic carbocycles. The minimum Gasteiger partial charge on any atom is -0.456 e. The van der Waals surface area contributed by atoms with Crippen LogP contribution in [0.4, 0.5) is 0 Å². The highest BCUT2D eigenvalue weighted by molar-refractivity contribution is 6.24. The number of rotatable bonds is 2. The Balaban J connectivity index is 1.17. The third-order valence-electron chi connectivity index (χ3n) is 11.4. The molecule has 0 atom stereocenters. The summed E-state index contributed by atoms with van der Waals surface area (Å²) in [5, 5.41) is 12.5. The van der Waals surface area contributed by atoms with Crippen LogP contribution in [0.15, 0.2) is 162 Å². The highest BCUT2D eigenvalue weighted by Crippen LogP contribution is 2.52. The molecule has 1 aromatic heterocycles. The summed E-state index contributed by atoms with van der Waals surface area (Å²) in [5.74, 6) is 0. The molecule has 50 heavy (non-hydrogen) atoms. The molecule has 0 N–H and O–H groups in total. The van der Waals surface area contributed by atoms with Gasteiger partial charge in [0.2, 0.25) is 0 Å². The Morgan fingerprint density at radius 1 is 0.360 bits per heavy atom. The normalized spacial score (nSPS) is 13.6. The van der Waals surface area contributed by atoms with Crippen LogP contribution in [0.2, 0.25) is 0 Å². The molecule has 234 valence electrons. The predicted molar refractivity (Wildman–Crippen MR) is 212 cm³/mol. The average molecular weight is 637 g/mol. The SMILES string of the molecule is CC1(C)c2cc3ccccc3cc2-c2cc3oc4ccc(-c5c6ccccc6c(-c6cccc7ccccc67)c6ccccc56)cc4c3cc21. The summed E-state index contributed by atoms with van der Waals surface area (Å²) < 4.78 is 6.63. The zero-order valence-electron chi connectivity index (χ0n) is 27.9. The van der Waals surface area contributed by atoms with Crippen LogP contribution in [0.5, 0.6) is 0 Å². The smallest absolute Gasteiger partial charge is 0.136 e. The van der Waals surface area contributed by atoms with Crippen LogP contribution >= 0.6 is 0 Å². The van der Waals surface area contributed by atoms with Crippen molar-refractivity contribution in [2.45, 2.75) is 19.3 Å². The molecule has 0 radical (unpaired) electrons. The summed E-state index contributed by atoms with van der Waals surface area (Å²) in [6.45, 7) is 4.73. The summed E-state index contributed by atoms with van der Waals surface area (Å²) in [7, 11) is 0. The molecule has 10 aromatic rings. The van der Waals surface area contributed by atoms with Crippen LogP contribution in [-0.2, 0) is 5.41 Å². The zero-order valence-corrected chi connectivity index (χ0v) is 27.9. The Labute approximate surface area is 290 Å². The highest BCUT2D eigenvalue weighted by atomic mass is 16.3. The van der Waals surface area contributed by atoms with Crippen molar-refractivity contribution < 1.29 is 4.42 Å². The number of hydrogen-bond donors (Lipinski definition) is 0. The monoisotopic (exact) mass is 636 g/mol. The molecule has 1 aliphatic rings. The van der Waals surface area contributed by atoms with Crippen LogP contribution in [0.3, 0.4) is 0 Å². The van der Waals surface area contributed by atoms with E-state index in [1.807, 2.05) is 0 Å². The van der Waals surface area contributed by atoms with Gasteiger partial charge in [0.05, 0.1) is 0 Å². The van der Waals surface area contributed by atoms with Crippen molar-refractivity contribution >= 4 is 65.0 Å². The van der Waals surface area contributed by atoms with E-state index in [9.17, 15) is 0 Å². The maximum atomic E-state index is 6.63. The second-order valence-corrected chi connectivity index (χ2v) is 14.4. The Morgan fingerprint density at radius 3 is 1.62 bits per heavy atom. The van der Waals surface area contributed by atoms with Crippen LogP contribution in [0.25, 0.3) is 98.4 Å². The fourth-order valence-corrected chi connectivity index (χ4v) is 9.02. The fraction of sp³-hybridized carbons (Fsp3) is 0.0612. The van der Waals surface area contributed by atoms with Gasteiger partial charge in [0.25, 0.3) is 0 Å². The molecular weight excluding hydrogens is 605 g/mol. The van der Waals surface area contributed by atoms with Gasteiger partial charge in [-0.3, -0.25) is 0 Å². The van der Waals surface area contributed by atoms with Crippen molar-refractivity contribution in [3.8, 4) is 33.4 Å². The van der Waals surface area contributed by atoms with Crippen molar-refractivity contribution in [1.29, 1.82) is 0 Å². The first-order valence-electron chi connectivity index (χ1n) is 17.5. The van der Waals surface area contributed by atoms with E-state index in [1.165, 1.54) is 93.0 Å². The van der Waals surface area contributed by atoms with Crippen LogP contribution < -0.4 is 0 Å². The molecule has 0 saturated carbocycles. The van der Waals surface area contributed by atoms with Gasteiger partial charge in [-0.1, -0.05) is 135 Å². The average Bonchev–Trinajstić information content (AvgIpc) is 3.62. The van der Waals surface area contributed by atoms with Gasteiger partial charge in [0, 0.05) is 16.2 Å². The summed E-state index contributed by atoms with van der Waals surface area (Å²) in [6, 6.07) is 58.2. The van der Waals surface area contributed by atoms with E-state index in [1.54, 1.807) is 0 Å². The van der Waals surface area contributed by atoms with Crippen molar-refractivity contribution in [3.05, 3.63) is 169 Å². The lowest BCUT2D eigenvalue weighted by Crippen LogP contribution is -2.14. The molecule has 0 unspecified atom stereocenters. The quantitative estimate of drug-likeness (QED) is 0.172. The minimum atomic E-state index is -0.117. The molecule has 11 rings (SSSR count). The van der Waals surface area contributed by atoms with Gasteiger partial charge in [-0.05, 0) is 124 Å². The van der Waals surface area contributed by atoms with E-state index in [-0.39, 0.29) is 5.41 Å². The standard InChI is InChI=1S/C49H32O/c1-49(2)43-26-31-14-4-3-13-30(31)24-39(43)40-28-46-42(27-44(40)49)41-25-32(22-23-45(41)50-46)47-35-17-7-9-19-37(35)48(38-20-10-8-18-36(38)47)34-21-11-15-29-12-5-6-16-33(29)34/h3-28H,1-2H3. The van der Waals surface area contributed by atoms with Crippen molar-refractivity contribution in [2.75, 3.05) is 0 Å². The molecule has 0 bridgehead atoms. The van der Waals surface area contributed by atoms with Gasteiger partial charge in [0.15, 0.2) is 0 Å². The summed E-state index contributed by atoms with van der Waals surface area (Å²) >= 11 is 0. The van der Waals surface area contributed by atoms with Crippen molar-refractivity contribution in [1.82, 2.24) is 0 Å². The van der Waals surface area contributed by atoms with Gasteiger partial charge in [-0.15, -0.1) is 0 Å². The number of hydrogen-bond acceptors (Lipinski definition) is 1. The lowest BCUT2D eigenvalue weighted by molar-refractivity contribution is 0.658. The van der Waals surface area contributed by atoms with E-state index < -0.39 is 0 Å². The van der Waals surface area contributed by atoms with Gasteiger partial charge in [-0.25, -0.2) is 0 Å². The van der Waals surface area contributed by atoms with Gasteiger partial charge in [0.1, 0.15) is 11.2 Å². The van der Waals surface area contributed by atoms with E-state index in [0.29, 0.717) is 0 Å². The molecule has 0 fully saturated rings. The number of benzene rings is 9. The third-order valence-corrected chi connectivity index (χ3v) is 11.4. The summed E-state index contributed by atoms with van der Waals surface area (Å²) in [5.41, 5.74) is 12.1. The molecule has 1 nitrogen and oxygen atoms in total.